The van der Waals surface area contributed by atoms with Crippen molar-refractivity contribution in [2.24, 2.45) is 0 Å². The fourth-order valence-electron chi connectivity index (χ4n) is 2.71. The van der Waals surface area contributed by atoms with Crippen LogP contribution in [0.4, 0.5) is 11.4 Å². The van der Waals surface area contributed by atoms with Crippen LogP contribution in [0.1, 0.15) is 22.8 Å². The van der Waals surface area contributed by atoms with Crippen LogP contribution in [-0.4, -0.2) is 39.4 Å². The molecule has 4 N–H and O–H groups in total. The Labute approximate surface area is 173 Å². The van der Waals surface area contributed by atoms with E-state index in [9.17, 15) is 4.79 Å². The van der Waals surface area contributed by atoms with E-state index in [1.165, 1.54) is 6.20 Å². The first kappa shape index (κ1) is 23.3. The zero-order valence-electron chi connectivity index (χ0n) is 16.7. The highest BCUT2D eigenvalue weighted by molar-refractivity contribution is 7.45. The summed E-state index contributed by atoms with van der Waals surface area (Å²) in [5, 5.41) is 4.18. The first-order valence-corrected chi connectivity index (χ1v) is 10.5. The summed E-state index contributed by atoms with van der Waals surface area (Å²) in [5.41, 5.74) is 3.74. The van der Waals surface area contributed by atoms with E-state index >= 15 is 0 Å². The summed E-state index contributed by atoms with van der Waals surface area (Å²) >= 11 is 0. The minimum absolute atomic E-state index is 0.304. The lowest BCUT2D eigenvalue weighted by Gasteiger charge is -2.16. The number of phosphoric acid groups is 1. The normalized spacial score (nSPS) is 10.7. The molecule has 160 valence electrons. The molecule has 0 atom stereocenters. The summed E-state index contributed by atoms with van der Waals surface area (Å²) in [4.78, 5) is 38.4. The number of nitrogens with one attached hydrogen (secondary N) is 1. The van der Waals surface area contributed by atoms with Crippen molar-refractivity contribution in [1.29, 1.82) is 0 Å². The summed E-state index contributed by atoms with van der Waals surface area (Å²) in [6.07, 6.45) is 1.53. The van der Waals surface area contributed by atoms with E-state index < -0.39 is 13.8 Å². The third kappa shape index (κ3) is 6.27. The number of carbonyl (C=O) groups excluding carboxylic acids is 1. The number of pyridine rings is 1. The molecule has 0 aliphatic rings. The summed E-state index contributed by atoms with van der Waals surface area (Å²) in [6, 6.07) is 13.5. The van der Waals surface area contributed by atoms with Crippen molar-refractivity contribution >= 4 is 36.1 Å². The molecule has 3 rings (SSSR count). The molecule has 0 aliphatic carbocycles. The monoisotopic (exact) mass is 434 g/mol. The van der Waals surface area contributed by atoms with Crippen molar-refractivity contribution in [1.82, 2.24) is 4.98 Å². The van der Waals surface area contributed by atoms with E-state index in [1.54, 1.807) is 14.0 Å². The van der Waals surface area contributed by atoms with Crippen LogP contribution in [0.15, 0.2) is 48.7 Å². The van der Waals surface area contributed by atoms with Gasteiger partial charge in [0, 0.05) is 17.3 Å². The third-order valence-electron chi connectivity index (χ3n) is 3.98. The number of hydrogen-bond donors (Lipinski definition) is 4. The van der Waals surface area contributed by atoms with E-state index in [0.29, 0.717) is 29.1 Å². The minimum atomic E-state index is -4.64. The van der Waals surface area contributed by atoms with Gasteiger partial charge in [0.15, 0.2) is 0 Å². The molecule has 0 amide bonds. The average molecular weight is 434 g/mol. The highest BCUT2D eigenvalue weighted by Gasteiger charge is 2.18. The highest BCUT2D eigenvalue weighted by Crippen LogP contribution is 2.34. The molecule has 0 unspecified atom stereocenters. The molecule has 9 nitrogen and oxygen atoms in total. The van der Waals surface area contributed by atoms with E-state index in [0.717, 1.165) is 16.6 Å². The number of aryl methyl sites for hydroxylation is 1. The van der Waals surface area contributed by atoms with Crippen molar-refractivity contribution < 1.29 is 33.5 Å². The molecule has 0 bridgehead atoms. The number of aromatic nitrogens is 1. The van der Waals surface area contributed by atoms with Gasteiger partial charge >= 0.3 is 13.8 Å². The van der Waals surface area contributed by atoms with Gasteiger partial charge in [-0.3, -0.25) is 4.98 Å². The Morgan fingerprint density at radius 2 is 1.80 bits per heavy atom. The van der Waals surface area contributed by atoms with E-state index in [1.807, 2.05) is 49.4 Å². The Morgan fingerprint density at radius 1 is 1.13 bits per heavy atom. The molecule has 1 aromatic heterocycles. The number of ether oxygens (including phenoxy) is 2. The molecule has 30 heavy (non-hydrogen) atoms. The van der Waals surface area contributed by atoms with Crippen LogP contribution in [0, 0.1) is 6.92 Å². The topological polar surface area (TPSA) is 138 Å². The molecule has 3 aromatic rings. The smallest absolute Gasteiger partial charge is 0.466 e. The maximum atomic E-state index is 12.4. The summed E-state index contributed by atoms with van der Waals surface area (Å²) in [5.74, 6) is 0.247. The van der Waals surface area contributed by atoms with Crippen LogP contribution in [0.3, 0.4) is 0 Å². The zero-order valence-corrected chi connectivity index (χ0v) is 17.6. The summed E-state index contributed by atoms with van der Waals surface area (Å²) < 4.78 is 19.5. The summed E-state index contributed by atoms with van der Waals surface area (Å²) in [6.45, 7) is 4.10. The number of hydrogen-bond acceptors (Lipinski definition) is 6. The van der Waals surface area contributed by atoms with Gasteiger partial charge in [-0.15, -0.1) is 0 Å². The summed E-state index contributed by atoms with van der Waals surface area (Å²) in [7, 11) is -3.04. The number of carbonyl (C=O) groups is 1. The predicted octanol–water partition coefficient (Wildman–Crippen LogP) is 3.54. The number of esters is 1. The number of rotatable bonds is 5. The molecule has 10 heteroatoms. The molecular weight excluding hydrogens is 411 g/mol. The Hall–Kier alpha value is -2.97. The molecule has 0 saturated heterocycles. The molecule has 1 heterocycles. The quantitative estimate of drug-likeness (QED) is 0.351. The first-order valence-electron chi connectivity index (χ1n) is 8.89. The van der Waals surface area contributed by atoms with E-state index in [2.05, 4.69) is 10.3 Å². The van der Waals surface area contributed by atoms with Crippen molar-refractivity contribution in [3.8, 4) is 5.75 Å². The number of anilines is 2. The molecule has 0 radical (unpaired) electrons. The van der Waals surface area contributed by atoms with Gasteiger partial charge in [-0.1, -0.05) is 30.3 Å². The first-order chi connectivity index (χ1) is 14.2. The van der Waals surface area contributed by atoms with Crippen LogP contribution >= 0.6 is 7.82 Å². The van der Waals surface area contributed by atoms with Crippen molar-refractivity contribution in [2.45, 2.75) is 13.8 Å². The predicted molar refractivity (Wildman–Crippen MR) is 113 cm³/mol. The van der Waals surface area contributed by atoms with Gasteiger partial charge in [0.1, 0.15) is 16.8 Å². The van der Waals surface area contributed by atoms with Crippen LogP contribution in [0.5, 0.6) is 5.75 Å². The number of para-hydroxylation sites is 2. The lowest BCUT2D eigenvalue weighted by molar-refractivity contribution is 0.0527. The van der Waals surface area contributed by atoms with Gasteiger partial charge < -0.3 is 29.5 Å². The van der Waals surface area contributed by atoms with Gasteiger partial charge in [-0.05, 0) is 31.5 Å². The van der Waals surface area contributed by atoms with Gasteiger partial charge in [-0.25, -0.2) is 9.36 Å². The van der Waals surface area contributed by atoms with Crippen LogP contribution in [-0.2, 0) is 9.30 Å². The minimum Gasteiger partial charge on any atom is -0.494 e. The maximum absolute atomic E-state index is 12.4. The van der Waals surface area contributed by atoms with Crippen LogP contribution in [0.2, 0.25) is 0 Å². The van der Waals surface area contributed by atoms with Gasteiger partial charge in [0.05, 0.1) is 19.4 Å². The number of fused-ring (bicyclic) bond motifs is 1. The van der Waals surface area contributed by atoms with Crippen molar-refractivity contribution in [2.75, 3.05) is 19.0 Å². The number of nitrogens with zero attached hydrogens (tertiary/aromatic N) is 1. The highest BCUT2D eigenvalue weighted by atomic mass is 31.2. The van der Waals surface area contributed by atoms with Gasteiger partial charge in [0.2, 0.25) is 0 Å². The van der Waals surface area contributed by atoms with Crippen LogP contribution in [0.25, 0.3) is 10.9 Å². The lowest BCUT2D eigenvalue weighted by atomic mass is 10.1. The van der Waals surface area contributed by atoms with Crippen molar-refractivity contribution in [3.63, 3.8) is 0 Å². The molecule has 0 spiro atoms. The SMILES string of the molecule is CCOC(=O)c1cnc2c(OC)cccc2c1Nc1ccccc1C.O=P(O)(O)O. The number of benzene rings is 2. The Balaban J connectivity index is 0.000000575. The second kappa shape index (κ2) is 10.2. The molecule has 0 saturated carbocycles. The maximum Gasteiger partial charge on any atom is 0.466 e. The largest absolute Gasteiger partial charge is 0.494 e. The fraction of sp³-hybridized carbons (Fsp3) is 0.200. The molecule has 0 fully saturated rings. The van der Waals surface area contributed by atoms with Crippen LogP contribution < -0.4 is 10.1 Å². The Morgan fingerprint density at radius 3 is 2.40 bits per heavy atom. The second-order valence-electron chi connectivity index (χ2n) is 6.08. The number of methoxy groups -OCH3 is 1. The molecular formula is C20H23N2O7P. The van der Waals surface area contributed by atoms with Gasteiger partial charge in [0.25, 0.3) is 0 Å². The molecule has 0 aliphatic heterocycles. The molecule has 2 aromatic carbocycles. The van der Waals surface area contributed by atoms with E-state index in [4.69, 9.17) is 28.7 Å². The van der Waals surface area contributed by atoms with Gasteiger partial charge in [-0.2, -0.15) is 0 Å². The third-order valence-corrected chi connectivity index (χ3v) is 3.98. The lowest BCUT2D eigenvalue weighted by Crippen LogP contribution is -2.09. The standard InChI is InChI=1S/C20H20N2O3.H3O4P/c1-4-25-20(23)15-12-21-19-14(9-7-11-17(19)24-3)18(15)22-16-10-6-5-8-13(16)2;1-5(2,3)4/h5-12H,4H2,1-3H3,(H,21,22);(H3,1,2,3,4). The second-order valence-corrected chi connectivity index (χ2v) is 7.10. The van der Waals surface area contributed by atoms with E-state index in [-0.39, 0.29) is 0 Å². The van der Waals surface area contributed by atoms with Crippen molar-refractivity contribution in [3.05, 3.63) is 59.8 Å². The Bertz CT molecular complexity index is 1070. The zero-order chi connectivity index (χ0) is 22.3. The Kier molecular flexibility index (Phi) is 7.91. The average Bonchev–Trinajstić information content (AvgIpc) is 2.68. The fourth-order valence-corrected chi connectivity index (χ4v) is 2.71.